The van der Waals surface area contributed by atoms with Gasteiger partial charge in [-0.25, -0.2) is 0 Å². The Morgan fingerprint density at radius 2 is 2.31 bits per heavy atom. The number of halogens is 1. The quantitative estimate of drug-likeness (QED) is 0.828. The second kappa shape index (κ2) is 6.23. The number of aliphatic carboxylic acids is 1. The smallest absolute Gasteiger partial charge is 0.320 e. The molecule has 5 heteroatoms. The Hall–Kier alpha value is -0.580. The molecule has 90 valence electrons. The molecule has 0 saturated carbocycles. The zero-order valence-corrected chi connectivity index (χ0v) is 10.9. The van der Waals surface area contributed by atoms with Gasteiger partial charge in [-0.05, 0) is 29.3 Å². The van der Waals surface area contributed by atoms with Crippen molar-refractivity contribution in [1.82, 2.24) is 5.32 Å². The summed E-state index contributed by atoms with van der Waals surface area (Å²) in [4.78, 5) is 11.0. The summed E-state index contributed by atoms with van der Waals surface area (Å²) in [5, 5.41) is 13.9. The summed E-state index contributed by atoms with van der Waals surface area (Å²) in [5.74, 6) is -0.452. The largest absolute Gasteiger partial charge is 0.480 e. The third-order valence-corrected chi connectivity index (χ3v) is 3.49. The van der Waals surface area contributed by atoms with Crippen LogP contribution >= 0.6 is 22.9 Å². The first kappa shape index (κ1) is 13.5. The van der Waals surface area contributed by atoms with E-state index < -0.39 is 12.0 Å². The number of carboxylic acid groups (broad SMARTS) is 1. The van der Waals surface area contributed by atoms with Crippen LogP contribution in [0.2, 0.25) is 4.34 Å². The monoisotopic (exact) mass is 261 g/mol. The van der Waals surface area contributed by atoms with Crippen LogP contribution in [0.4, 0.5) is 0 Å². The van der Waals surface area contributed by atoms with E-state index in [2.05, 4.69) is 5.32 Å². The standard InChI is InChI=1S/C11H16ClNO2S/c1-7(2)5-9(11(14)15)13-6-8-3-4-16-10(8)12/h3-4,7,9,13H,5-6H2,1-2H3,(H,14,15)/t9-/m0/s1. The van der Waals surface area contributed by atoms with E-state index in [0.717, 1.165) is 9.90 Å². The normalized spacial score (nSPS) is 13.0. The highest BCUT2D eigenvalue weighted by atomic mass is 35.5. The summed E-state index contributed by atoms with van der Waals surface area (Å²) in [6, 6.07) is 1.41. The van der Waals surface area contributed by atoms with Gasteiger partial charge in [0.1, 0.15) is 6.04 Å². The van der Waals surface area contributed by atoms with Crippen LogP contribution in [-0.2, 0) is 11.3 Å². The van der Waals surface area contributed by atoms with E-state index in [0.29, 0.717) is 18.9 Å². The van der Waals surface area contributed by atoms with Crippen molar-refractivity contribution in [3.63, 3.8) is 0 Å². The Balaban J connectivity index is 2.50. The predicted octanol–water partition coefficient (Wildman–Crippen LogP) is 2.99. The van der Waals surface area contributed by atoms with E-state index in [1.54, 1.807) is 0 Å². The molecule has 0 aliphatic rings. The van der Waals surface area contributed by atoms with E-state index in [9.17, 15) is 4.79 Å². The summed E-state index contributed by atoms with van der Waals surface area (Å²) in [6.45, 7) is 4.52. The molecule has 0 bridgehead atoms. The summed E-state index contributed by atoms with van der Waals surface area (Å²) >= 11 is 7.40. The molecule has 2 N–H and O–H groups in total. The molecule has 0 aliphatic heterocycles. The zero-order chi connectivity index (χ0) is 12.1. The second-order valence-electron chi connectivity index (χ2n) is 4.12. The van der Waals surface area contributed by atoms with Crippen molar-refractivity contribution in [3.8, 4) is 0 Å². The van der Waals surface area contributed by atoms with E-state index in [1.165, 1.54) is 11.3 Å². The Bertz CT molecular complexity index is 352. The van der Waals surface area contributed by atoms with E-state index in [-0.39, 0.29) is 0 Å². The van der Waals surface area contributed by atoms with Crippen LogP contribution in [0, 0.1) is 5.92 Å². The molecule has 16 heavy (non-hydrogen) atoms. The number of nitrogens with one attached hydrogen (secondary N) is 1. The van der Waals surface area contributed by atoms with Crippen molar-refractivity contribution < 1.29 is 9.90 Å². The highest BCUT2D eigenvalue weighted by Crippen LogP contribution is 2.22. The number of hydrogen-bond donors (Lipinski definition) is 2. The highest BCUT2D eigenvalue weighted by molar-refractivity contribution is 7.14. The number of carboxylic acids is 1. The van der Waals surface area contributed by atoms with Gasteiger partial charge >= 0.3 is 5.97 Å². The van der Waals surface area contributed by atoms with Crippen LogP contribution in [0.25, 0.3) is 0 Å². The molecule has 0 saturated heterocycles. The minimum Gasteiger partial charge on any atom is -0.480 e. The summed E-state index contributed by atoms with van der Waals surface area (Å²) in [6.07, 6.45) is 0.622. The first-order valence-electron chi connectivity index (χ1n) is 5.18. The van der Waals surface area contributed by atoms with Crippen molar-refractivity contribution in [1.29, 1.82) is 0 Å². The van der Waals surface area contributed by atoms with E-state index >= 15 is 0 Å². The van der Waals surface area contributed by atoms with Gasteiger partial charge in [-0.1, -0.05) is 25.4 Å². The van der Waals surface area contributed by atoms with Gasteiger partial charge in [-0.2, -0.15) is 0 Å². The molecule has 1 aromatic rings. The Morgan fingerprint density at radius 1 is 1.62 bits per heavy atom. The number of thiophene rings is 1. The molecule has 0 aliphatic carbocycles. The Kier molecular flexibility index (Phi) is 5.25. The van der Waals surface area contributed by atoms with E-state index in [4.69, 9.17) is 16.7 Å². The molecule has 1 aromatic heterocycles. The maximum Gasteiger partial charge on any atom is 0.320 e. The van der Waals surface area contributed by atoms with Crippen molar-refractivity contribution >= 4 is 28.9 Å². The summed E-state index contributed by atoms with van der Waals surface area (Å²) in [5.41, 5.74) is 0.960. The van der Waals surface area contributed by atoms with Crippen LogP contribution < -0.4 is 5.32 Å². The van der Waals surface area contributed by atoms with Crippen molar-refractivity contribution in [2.24, 2.45) is 5.92 Å². The van der Waals surface area contributed by atoms with Gasteiger partial charge in [0.25, 0.3) is 0 Å². The molecular formula is C11H16ClNO2S. The van der Waals surface area contributed by atoms with E-state index in [1.807, 2.05) is 25.3 Å². The molecule has 0 radical (unpaired) electrons. The SMILES string of the molecule is CC(C)C[C@H](NCc1ccsc1Cl)C(=O)O. The lowest BCUT2D eigenvalue weighted by Gasteiger charge is -2.16. The molecule has 0 aromatic carbocycles. The lowest BCUT2D eigenvalue weighted by atomic mass is 10.0. The third kappa shape index (κ3) is 4.12. The second-order valence-corrected chi connectivity index (χ2v) is 5.64. The molecule has 3 nitrogen and oxygen atoms in total. The van der Waals surface area contributed by atoms with Gasteiger partial charge < -0.3 is 10.4 Å². The number of carbonyl (C=O) groups is 1. The van der Waals surface area contributed by atoms with Gasteiger partial charge in [-0.15, -0.1) is 11.3 Å². The average Bonchev–Trinajstić information content (AvgIpc) is 2.57. The zero-order valence-electron chi connectivity index (χ0n) is 9.37. The fourth-order valence-corrected chi connectivity index (χ4v) is 2.35. The molecule has 0 fully saturated rings. The predicted molar refractivity (Wildman–Crippen MR) is 67.0 cm³/mol. The minimum absolute atomic E-state index is 0.353. The Labute approximate surface area is 104 Å². The van der Waals surface area contributed by atoms with Gasteiger partial charge in [-0.3, -0.25) is 4.79 Å². The summed E-state index contributed by atoms with van der Waals surface area (Å²) in [7, 11) is 0. The first-order chi connectivity index (χ1) is 7.50. The van der Waals surface area contributed by atoms with Gasteiger partial charge in [0.2, 0.25) is 0 Å². The topological polar surface area (TPSA) is 49.3 Å². The third-order valence-electron chi connectivity index (χ3n) is 2.24. The number of hydrogen-bond acceptors (Lipinski definition) is 3. The van der Waals surface area contributed by atoms with Crippen LogP contribution in [0.1, 0.15) is 25.8 Å². The molecule has 0 amide bonds. The molecule has 1 atom stereocenters. The molecular weight excluding hydrogens is 246 g/mol. The number of rotatable bonds is 6. The summed E-state index contributed by atoms with van der Waals surface area (Å²) < 4.78 is 0.723. The fourth-order valence-electron chi connectivity index (χ4n) is 1.42. The molecule has 0 unspecified atom stereocenters. The van der Waals surface area contributed by atoms with Crippen molar-refractivity contribution in [2.45, 2.75) is 32.9 Å². The molecule has 0 spiro atoms. The fraction of sp³-hybridized carbons (Fsp3) is 0.545. The maximum absolute atomic E-state index is 11.0. The lowest BCUT2D eigenvalue weighted by Crippen LogP contribution is -2.37. The Morgan fingerprint density at radius 3 is 2.75 bits per heavy atom. The average molecular weight is 262 g/mol. The van der Waals surface area contributed by atoms with Gasteiger partial charge in [0, 0.05) is 6.54 Å². The maximum atomic E-state index is 11.0. The van der Waals surface area contributed by atoms with Crippen LogP contribution in [0.3, 0.4) is 0 Å². The lowest BCUT2D eigenvalue weighted by molar-refractivity contribution is -0.140. The van der Waals surface area contributed by atoms with Crippen LogP contribution in [-0.4, -0.2) is 17.1 Å². The highest BCUT2D eigenvalue weighted by Gasteiger charge is 2.18. The van der Waals surface area contributed by atoms with Crippen molar-refractivity contribution in [2.75, 3.05) is 0 Å². The molecule has 1 rings (SSSR count). The molecule has 1 heterocycles. The minimum atomic E-state index is -0.806. The van der Waals surface area contributed by atoms with Crippen LogP contribution in [0.5, 0.6) is 0 Å². The van der Waals surface area contributed by atoms with Gasteiger partial charge in [0.15, 0.2) is 0 Å². The van der Waals surface area contributed by atoms with Crippen LogP contribution in [0.15, 0.2) is 11.4 Å². The first-order valence-corrected chi connectivity index (χ1v) is 6.44. The van der Waals surface area contributed by atoms with Crippen molar-refractivity contribution in [3.05, 3.63) is 21.3 Å². The van der Waals surface area contributed by atoms with Gasteiger partial charge in [0.05, 0.1) is 4.34 Å².